The lowest BCUT2D eigenvalue weighted by Gasteiger charge is -2.00. The molecule has 0 atom stereocenters. The normalized spacial score (nSPS) is 11.1. The van der Waals surface area contributed by atoms with Gasteiger partial charge in [0, 0.05) is 22.3 Å². The van der Waals surface area contributed by atoms with Crippen molar-refractivity contribution in [1.29, 1.82) is 0 Å². The van der Waals surface area contributed by atoms with E-state index in [2.05, 4.69) is 50.4 Å². The van der Waals surface area contributed by atoms with Crippen LogP contribution in [-0.2, 0) is 6.42 Å². The molecule has 20 heavy (non-hydrogen) atoms. The number of nitrogens with zero attached hydrogens (tertiary/aromatic N) is 2. The second-order valence-electron chi connectivity index (χ2n) is 4.50. The van der Waals surface area contributed by atoms with E-state index in [0.29, 0.717) is 17.7 Å². The molecular formula is C15H12BrClN2O. The van der Waals surface area contributed by atoms with Gasteiger partial charge in [0.1, 0.15) is 0 Å². The van der Waals surface area contributed by atoms with Gasteiger partial charge in [-0.2, -0.15) is 0 Å². The molecule has 3 rings (SSSR count). The second-order valence-corrected chi connectivity index (χ2v) is 5.79. The minimum atomic E-state index is 0.555. The standard InChI is InChI=1S/C15H12BrClN2O/c16-13-6-5-10-8-12(4-3-11(10)9-13)15-19-18-14(20-15)2-1-7-17/h3-6,8-9H,1-2,7H2. The largest absolute Gasteiger partial charge is 0.421 e. The van der Waals surface area contributed by atoms with Crippen molar-refractivity contribution in [3.63, 3.8) is 0 Å². The molecule has 0 N–H and O–H groups in total. The van der Waals surface area contributed by atoms with Crippen LogP contribution >= 0.6 is 27.5 Å². The summed E-state index contributed by atoms with van der Waals surface area (Å²) in [5, 5.41) is 10.5. The zero-order valence-corrected chi connectivity index (χ0v) is 13.0. The smallest absolute Gasteiger partial charge is 0.247 e. The quantitative estimate of drug-likeness (QED) is 0.632. The maximum Gasteiger partial charge on any atom is 0.247 e. The van der Waals surface area contributed by atoms with Gasteiger partial charge in [-0.3, -0.25) is 0 Å². The predicted octanol–water partition coefficient (Wildman–Crippen LogP) is 4.82. The van der Waals surface area contributed by atoms with E-state index in [1.807, 2.05) is 12.1 Å². The Kier molecular flexibility index (Phi) is 4.03. The summed E-state index contributed by atoms with van der Waals surface area (Å²) in [5.74, 6) is 1.79. The molecule has 0 aliphatic heterocycles. The number of alkyl halides is 1. The molecule has 0 amide bonds. The first-order valence-corrected chi connectivity index (χ1v) is 7.67. The van der Waals surface area contributed by atoms with Gasteiger partial charge in [-0.05, 0) is 41.5 Å². The third-order valence-electron chi connectivity index (χ3n) is 3.04. The molecule has 3 nitrogen and oxygen atoms in total. The van der Waals surface area contributed by atoms with Gasteiger partial charge in [0.05, 0.1) is 0 Å². The maximum atomic E-state index is 5.66. The predicted molar refractivity (Wildman–Crippen MR) is 84.0 cm³/mol. The maximum absolute atomic E-state index is 5.66. The third kappa shape index (κ3) is 2.86. The highest BCUT2D eigenvalue weighted by atomic mass is 79.9. The third-order valence-corrected chi connectivity index (χ3v) is 3.80. The van der Waals surface area contributed by atoms with Gasteiger partial charge in [0.15, 0.2) is 0 Å². The highest BCUT2D eigenvalue weighted by Crippen LogP contribution is 2.26. The second kappa shape index (κ2) is 5.94. The van der Waals surface area contributed by atoms with E-state index in [-0.39, 0.29) is 0 Å². The van der Waals surface area contributed by atoms with Crippen LogP contribution in [0.15, 0.2) is 45.3 Å². The fourth-order valence-corrected chi connectivity index (χ4v) is 2.55. The lowest BCUT2D eigenvalue weighted by atomic mass is 10.1. The summed E-state index contributed by atoms with van der Waals surface area (Å²) >= 11 is 9.13. The summed E-state index contributed by atoms with van der Waals surface area (Å²) in [6, 6.07) is 12.3. The number of halogens is 2. The minimum Gasteiger partial charge on any atom is -0.421 e. The van der Waals surface area contributed by atoms with Crippen molar-refractivity contribution in [2.75, 3.05) is 5.88 Å². The van der Waals surface area contributed by atoms with Gasteiger partial charge in [0.25, 0.3) is 0 Å². The Labute approximate surface area is 130 Å². The summed E-state index contributed by atoms with van der Waals surface area (Å²) in [5.41, 5.74) is 0.935. The Balaban J connectivity index is 1.93. The van der Waals surface area contributed by atoms with Gasteiger partial charge in [-0.25, -0.2) is 0 Å². The first-order valence-electron chi connectivity index (χ1n) is 6.34. The number of aromatic nitrogens is 2. The van der Waals surface area contributed by atoms with E-state index in [0.717, 1.165) is 28.3 Å². The molecule has 0 bridgehead atoms. The molecule has 0 saturated carbocycles. The number of aryl methyl sites for hydroxylation is 1. The van der Waals surface area contributed by atoms with E-state index in [4.69, 9.17) is 16.0 Å². The van der Waals surface area contributed by atoms with Gasteiger partial charge < -0.3 is 4.42 Å². The van der Waals surface area contributed by atoms with Crippen molar-refractivity contribution in [3.8, 4) is 11.5 Å². The molecule has 1 heterocycles. The molecule has 0 unspecified atom stereocenters. The van der Waals surface area contributed by atoms with Crippen LogP contribution < -0.4 is 0 Å². The molecule has 5 heteroatoms. The van der Waals surface area contributed by atoms with Crippen molar-refractivity contribution >= 4 is 38.3 Å². The van der Waals surface area contributed by atoms with Crippen LogP contribution in [0.2, 0.25) is 0 Å². The van der Waals surface area contributed by atoms with E-state index < -0.39 is 0 Å². The van der Waals surface area contributed by atoms with Gasteiger partial charge in [-0.1, -0.05) is 28.1 Å². The Bertz CT molecular complexity index is 742. The first-order chi connectivity index (χ1) is 9.76. The molecule has 0 aliphatic carbocycles. The Morgan fingerprint density at radius 1 is 1.05 bits per heavy atom. The first kappa shape index (κ1) is 13.6. The Hall–Kier alpha value is -1.39. The van der Waals surface area contributed by atoms with E-state index >= 15 is 0 Å². The monoisotopic (exact) mass is 350 g/mol. The van der Waals surface area contributed by atoms with E-state index in [1.54, 1.807) is 0 Å². The number of rotatable bonds is 4. The lowest BCUT2D eigenvalue weighted by Crippen LogP contribution is -1.85. The number of fused-ring (bicyclic) bond motifs is 1. The van der Waals surface area contributed by atoms with Crippen molar-refractivity contribution < 1.29 is 4.42 Å². The van der Waals surface area contributed by atoms with Gasteiger partial charge >= 0.3 is 0 Å². The van der Waals surface area contributed by atoms with Crippen LogP contribution in [0.4, 0.5) is 0 Å². The van der Waals surface area contributed by atoms with Crippen LogP contribution in [0.5, 0.6) is 0 Å². The van der Waals surface area contributed by atoms with Crippen LogP contribution in [-0.4, -0.2) is 16.1 Å². The number of hydrogen-bond acceptors (Lipinski definition) is 3. The zero-order valence-electron chi connectivity index (χ0n) is 10.6. The molecule has 0 spiro atoms. The topological polar surface area (TPSA) is 38.9 Å². The van der Waals surface area contributed by atoms with Crippen molar-refractivity contribution in [1.82, 2.24) is 10.2 Å². The number of hydrogen-bond donors (Lipinski definition) is 0. The van der Waals surface area contributed by atoms with E-state index in [9.17, 15) is 0 Å². The van der Waals surface area contributed by atoms with Crippen molar-refractivity contribution in [2.45, 2.75) is 12.8 Å². The van der Waals surface area contributed by atoms with Crippen LogP contribution in [0.1, 0.15) is 12.3 Å². The molecule has 0 aliphatic rings. The fraction of sp³-hybridized carbons (Fsp3) is 0.200. The molecule has 0 radical (unpaired) electrons. The zero-order chi connectivity index (χ0) is 13.9. The van der Waals surface area contributed by atoms with Crippen LogP contribution in [0.3, 0.4) is 0 Å². The Morgan fingerprint density at radius 2 is 1.85 bits per heavy atom. The van der Waals surface area contributed by atoms with Crippen molar-refractivity contribution in [2.24, 2.45) is 0 Å². The molecule has 102 valence electrons. The molecule has 0 fully saturated rings. The molecule has 1 aromatic heterocycles. The molecule has 3 aromatic rings. The summed E-state index contributed by atoms with van der Waals surface area (Å²) in [6.07, 6.45) is 1.56. The average Bonchev–Trinajstić information content (AvgIpc) is 2.93. The highest BCUT2D eigenvalue weighted by Gasteiger charge is 2.09. The molecule has 0 saturated heterocycles. The summed E-state index contributed by atoms with van der Waals surface area (Å²) < 4.78 is 6.72. The average molecular weight is 352 g/mol. The fourth-order valence-electron chi connectivity index (χ4n) is 2.04. The SMILES string of the molecule is ClCCCc1nnc(-c2ccc3cc(Br)ccc3c2)o1. The molecule has 2 aromatic carbocycles. The summed E-state index contributed by atoms with van der Waals surface area (Å²) in [4.78, 5) is 0. The number of benzene rings is 2. The van der Waals surface area contributed by atoms with E-state index in [1.165, 1.54) is 5.39 Å². The van der Waals surface area contributed by atoms with Crippen LogP contribution in [0.25, 0.3) is 22.2 Å². The summed E-state index contributed by atoms with van der Waals surface area (Å²) in [7, 11) is 0. The van der Waals surface area contributed by atoms with Crippen LogP contribution in [0, 0.1) is 0 Å². The summed E-state index contributed by atoms with van der Waals surface area (Å²) in [6.45, 7) is 0. The van der Waals surface area contributed by atoms with Crippen molar-refractivity contribution in [3.05, 3.63) is 46.8 Å². The minimum absolute atomic E-state index is 0.555. The van der Waals surface area contributed by atoms with Gasteiger partial charge in [0.2, 0.25) is 11.8 Å². The Morgan fingerprint density at radius 3 is 2.70 bits per heavy atom. The highest BCUT2D eigenvalue weighted by molar-refractivity contribution is 9.10. The lowest BCUT2D eigenvalue weighted by molar-refractivity contribution is 0.503. The van der Waals surface area contributed by atoms with Gasteiger partial charge in [-0.15, -0.1) is 21.8 Å². The molecular weight excluding hydrogens is 340 g/mol.